The molecular formula is C22H23N7S. The lowest BCUT2D eigenvalue weighted by Crippen LogP contribution is -2.42. The van der Waals surface area contributed by atoms with Crippen molar-refractivity contribution in [2.24, 2.45) is 0 Å². The van der Waals surface area contributed by atoms with E-state index in [1.165, 1.54) is 10.3 Å². The minimum Gasteiger partial charge on any atom is -0.314 e. The molecule has 1 saturated heterocycles. The van der Waals surface area contributed by atoms with Gasteiger partial charge >= 0.3 is 0 Å². The number of nitrogens with zero attached hydrogens (tertiary/aromatic N) is 5. The first-order valence-electron chi connectivity index (χ1n) is 10.1. The maximum Gasteiger partial charge on any atom is 0.228 e. The minimum atomic E-state index is 0.538. The van der Waals surface area contributed by atoms with Crippen LogP contribution in [0.15, 0.2) is 48.2 Å². The SMILES string of the molecule is Cc1cnc(Nc2ccc(CN3CCNCC3)cn2)nc1-c1ccc2scnc2c1. The molecule has 0 amide bonds. The van der Waals surface area contributed by atoms with Crippen molar-refractivity contribution in [3.63, 3.8) is 0 Å². The number of nitrogens with one attached hydrogen (secondary N) is 2. The van der Waals surface area contributed by atoms with Crippen LogP contribution in [0.3, 0.4) is 0 Å². The quantitative estimate of drug-likeness (QED) is 0.514. The molecule has 2 N–H and O–H groups in total. The van der Waals surface area contributed by atoms with E-state index in [-0.39, 0.29) is 0 Å². The lowest BCUT2D eigenvalue weighted by molar-refractivity contribution is 0.233. The second-order valence-corrected chi connectivity index (χ2v) is 8.35. The number of pyridine rings is 1. The number of anilines is 2. The number of rotatable bonds is 5. The summed E-state index contributed by atoms with van der Waals surface area (Å²) in [5.74, 6) is 1.28. The maximum atomic E-state index is 4.74. The number of aromatic nitrogens is 4. The average molecular weight is 418 g/mol. The van der Waals surface area contributed by atoms with E-state index in [0.717, 1.165) is 60.9 Å². The number of hydrogen-bond donors (Lipinski definition) is 2. The van der Waals surface area contributed by atoms with Crippen LogP contribution in [0.4, 0.5) is 11.8 Å². The van der Waals surface area contributed by atoms with Crippen molar-refractivity contribution in [1.82, 2.24) is 30.2 Å². The van der Waals surface area contributed by atoms with Gasteiger partial charge in [-0.1, -0.05) is 12.1 Å². The zero-order chi connectivity index (χ0) is 20.3. The van der Waals surface area contributed by atoms with Gasteiger partial charge in [0.25, 0.3) is 0 Å². The second-order valence-electron chi connectivity index (χ2n) is 7.46. The molecule has 0 saturated carbocycles. The van der Waals surface area contributed by atoms with Crippen LogP contribution < -0.4 is 10.6 Å². The summed E-state index contributed by atoms with van der Waals surface area (Å²) in [6.07, 6.45) is 3.77. The Morgan fingerprint density at radius 2 is 1.97 bits per heavy atom. The highest BCUT2D eigenvalue weighted by atomic mass is 32.1. The molecule has 1 aromatic carbocycles. The largest absolute Gasteiger partial charge is 0.314 e. The predicted molar refractivity (Wildman–Crippen MR) is 121 cm³/mol. The monoisotopic (exact) mass is 417 g/mol. The van der Waals surface area contributed by atoms with Gasteiger partial charge in [-0.25, -0.2) is 19.9 Å². The van der Waals surface area contributed by atoms with Gasteiger partial charge in [0.1, 0.15) is 5.82 Å². The van der Waals surface area contributed by atoms with E-state index >= 15 is 0 Å². The molecule has 1 fully saturated rings. The van der Waals surface area contributed by atoms with Crippen LogP contribution in [-0.4, -0.2) is 51.0 Å². The highest BCUT2D eigenvalue weighted by Gasteiger charge is 2.11. The summed E-state index contributed by atoms with van der Waals surface area (Å²) in [7, 11) is 0. The van der Waals surface area contributed by atoms with Crippen molar-refractivity contribution in [3.8, 4) is 11.3 Å². The Morgan fingerprint density at radius 3 is 2.80 bits per heavy atom. The molecule has 0 aliphatic carbocycles. The summed E-state index contributed by atoms with van der Waals surface area (Å²) in [5, 5.41) is 6.61. The number of thiazole rings is 1. The van der Waals surface area contributed by atoms with Gasteiger partial charge in [0, 0.05) is 50.7 Å². The molecule has 0 radical (unpaired) electrons. The normalized spacial score (nSPS) is 14.8. The van der Waals surface area contributed by atoms with Crippen LogP contribution in [0, 0.1) is 6.92 Å². The molecule has 4 aromatic rings. The molecule has 4 heterocycles. The summed E-state index contributed by atoms with van der Waals surface area (Å²) >= 11 is 1.64. The van der Waals surface area contributed by atoms with Crippen LogP contribution in [-0.2, 0) is 6.54 Å². The fourth-order valence-corrected chi connectivity index (χ4v) is 4.29. The molecule has 0 unspecified atom stereocenters. The van der Waals surface area contributed by atoms with Crippen molar-refractivity contribution in [3.05, 3.63) is 59.4 Å². The summed E-state index contributed by atoms with van der Waals surface area (Å²) in [6.45, 7) is 7.21. The van der Waals surface area contributed by atoms with Crippen molar-refractivity contribution >= 4 is 33.3 Å². The van der Waals surface area contributed by atoms with Crippen LogP contribution in [0.2, 0.25) is 0 Å². The lowest BCUT2D eigenvalue weighted by atomic mass is 10.1. The summed E-state index contributed by atoms with van der Waals surface area (Å²) in [5.41, 5.74) is 7.03. The first-order valence-corrected chi connectivity index (χ1v) is 10.9. The number of piperazine rings is 1. The standard InChI is InChI=1S/C22H23N7S/c1-15-11-25-22(28-21(15)17-3-4-19-18(10-17)26-14-30-19)27-20-5-2-16(12-24-20)13-29-8-6-23-7-9-29/h2-5,10-12,14,23H,6-9,13H2,1H3,(H,24,25,27,28). The third-order valence-electron chi connectivity index (χ3n) is 5.26. The van der Waals surface area contributed by atoms with Crippen molar-refractivity contribution < 1.29 is 0 Å². The van der Waals surface area contributed by atoms with E-state index < -0.39 is 0 Å². The minimum absolute atomic E-state index is 0.538. The topological polar surface area (TPSA) is 78.9 Å². The Labute approximate surface area is 179 Å². The average Bonchev–Trinajstić information content (AvgIpc) is 3.25. The molecule has 0 atom stereocenters. The van der Waals surface area contributed by atoms with Crippen LogP contribution in [0.1, 0.15) is 11.1 Å². The third-order valence-corrected chi connectivity index (χ3v) is 6.07. The Balaban J connectivity index is 1.33. The highest BCUT2D eigenvalue weighted by Crippen LogP contribution is 2.27. The first kappa shape index (κ1) is 19.0. The van der Waals surface area contributed by atoms with Crippen molar-refractivity contribution in [1.29, 1.82) is 0 Å². The summed E-state index contributed by atoms with van der Waals surface area (Å²) < 4.78 is 1.17. The van der Waals surface area contributed by atoms with Gasteiger partial charge in [-0.15, -0.1) is 11.3 Å². The molecule has 7 nitrogen and oxygen atoms in total. The number of hydrogen-bond acceptors (Lipinski definition) is 8. The Kier molecular flexibility index (Phi) is 5.35. The van der Waals surface area contributed by atoms with Crippen LogP contribution >= 0.6 is 11.3 Å². The predicted octanol–water partition coefficient (Wildman–Crippen LogP) is 3.61. The van der Waals surface area contributed by atoms with Gasteiger partial charge < -0.3 is 10.6 Å². The lowest BCUT2D eigenvalue weighted by Gasteiger charge is -2.27. The van der Waals surface area contributed by atoms with Gasteiger partial charge in [-0.05, 0) is 36.2 Å². The van der Waals surface area contributed by atoms with Gasteiger partial charge in [-0.2, -0.15) is 0 Å². The maximum absolute atomic E-state index is 4.74. The molecule has 1 aliphatic heterocycles. The number of aryl methyl sites for hydroxylation is 1. The van der Waals surface area contributed by atoms with Crippen LogP contribution in [0.25, 0.3) is 21.5 Å². The molecule has 30 heavy (non-hydrogen) atoms. The molecule has 152 valence electrons. The molecule has 1 aliphatic rings. The van der Waals surface area contributed by atoms with Gasteiger partial charge in [0.05, 0.1) is 21.4 Å². The van der Waals surface area contributed by atoms with Gasteiger partial charge in [0.15, 0.2) is 0 Å². The fraction of sp³-hybridized carbons (Fsp3) is 0.273. The zero-order valence-corrected chi connectivity index (χ0v) is 17.6. The zero-order valence-electron chi connectivity index (χ0n) is 16.8. The Morgan fingerprint density at radius 1 is 1.07 bits per heavy atom. The number of fused-ring (bicyclic) bond motifs is 1. The second kappa shape index (κ2) is 8.43. The molecule has 0 bridgehead atoms. The van der Waals surface area contributed by atoms with Crippen molar-refractivity contribution in [2.45, 2.75) is 13.5 Å². The first-order chi connectivity index (χ1) is 14.7. The van der Waals surface area contributed by atoms with Gasteiger partial charge in [-0.3, -0.25) is 4.90 Å². The van der Waals surface area contributed by atoms with E-state index in [1.807, 2.05) is 30.9 Å². The third kappa shape index (κ3) is 4.16. The Hall–Kier alpha value is -2.94. The van der Waals surface area contributed by atoms with E-state index in [2.05, 4.69) is 54.8 Å². The molecule has 8 heteroatoms. The molecule has 5 rings (SSSR count). The summed E-state index contributed by atoms with van der Waals surface area (Å²) in [6, 6.07) is 10.4. The summed E-state index contributed by atoms with van der Waals surface area (Å²) in [4.78, 5) is 20.6. The smallest absolute Gasteiger partial charge is 0.228 e. The highest BCUT2D eigenvalue weighted by molar-refractivity contribution is 7.16. The Bertz CT molecular complexity index is 1150. The van der Waals surface area contributed by atoms with E-state index in [0.29, 0.717) is 5.95 Å². The van der Waals surface area contributed by atoms with E-state index in [1.54, 1.807) is 11.3 Å². The van der Waals surface area contributed by atoms with Crippen molar-refractivity contribution in [2.75, 3.05) is 31.5 Å². The van der Waals surface area contributed by atoms with Gasteiger partial charge in [0.2, 0.25) is 5.95 Å². The number of benzene rings is 1. The molecule has 3 aromatic heterocycles. The fourth-order valence-electron chi connectivity index (χ4n) is 3.63. The van der Waals surface area contributed by atoms with E-state index in [4.69, 9.17) is 4.98 Å². The van der Waals surface area contributed by atoms with Crippen LogP contribution in [0.5, 0.6) is 0 Å². The molecule has 0 spiro atoms. The van der Waals surface area contributed by atoms with E-state index in [9.17, 15) is 0 Å². The molecular weight excluding hydrogens is 394 g/mol.